The van der Waals surface area contributed by atoms with E-state index in [0.717, 1.165) is 5.56 Å². The number of carboxylic acids is 1. The third-order valence-corrected chi connectivity index (χ3v) is 2.80. The van der Waals surface area contributed by atoms with E-state index >= 15 is 0 Å². The lowest BCUT2D eigenvalue weighted by Gasteiger charge is -2.09. The fourth-order valence-electron chi connectivity index (χ4n) is 2.07. The first-order valence-electron chi connectivity index (χ1n) is 5.21. The van der Waals surface area contributed by atoms with Crippen LogP contribution in [-0.2, 0) is 4.79 Å². The third-order valence-electron chi connectivity index (χ3n) is 2.80. The summed E-state index contributed by atoms with van der Waals surface area (Å²) in [6.45, 7) is 0. The highest BCUT2D eigenvalue weighted by Gasteiger charge is 2.35. The highest BCUT2D eigenvalue weighted by molar-refractivity contribution is 6.40. The van der Waals surface area contributed by atoms with Crippen molar-refractivity contribution in [3.05, 3.63) is 54.0 Å². The van der Waals surface area contributed by atoms with Gasteiger partial charge in [0, 0.05) is 6.07 Å². The summed E-state index contributed by atoms with van der Waals surface area (Å²) in [5.74, 6) is -0.808. The van der Waals surface area contributed by atoms with Gasteiger partial charge in [0.1, 0.15) is 17.2 Å². The van der Waals surface area contributed by atoms with Gasteiger partial charge in [-0.1, -0.05) is 30.3 Å². The van der Waals surface area contributed by atoms with Crippen LogP contribution in [0.25, 0.3) is 0 Å². The first kappa shape index (κ1) is 9.84. The standard InChI is InChI=1S/C13H9NO3/c15-13(16)11-10(8-4-2-1-3-5-8)12-9(14-11)6-7-17-12/h1-7,10H,(H,15,16). The molecule has 1 aliphatic rings. The van der Waals surface area contributed by atoms with E-state index in [2.05, 4.69) is 4.99 Å². The normalized spacial score (nSPS) is 17.6. The van der Waals surface area contributed by atoms with E-state index in [1.165, 1.54) is 6.26 Å². The van der Waals surface area contributed by atoms with Crippen molar-refractivity contribution in [2.75, 3.05) is 0 Å². The fraction of sp³-hybridized carbons (Fsp3) is 0.0769. The van der Waals surface area contributed by atoms with Gasteiger partial charge < -0.3 is 9.52 Å². The number of benzene rings is 1. The predicted octanol–water partition coefficient (Wildman–Crippen LogP) is 2.58. The number of furan rings is 1. The second-order valence-corrected chi connectivity index (χ2v) is 3.82. The molecule has 1 N–H and O–H groups in total. The first-order valence-corrected chi connectivity index (χ1v) is 5.21. The molecule has 84 valence electrons. The van der Waals surface area contributed by atoms with Gasteiger partial charge in [-0.15, -0.1) is 0 Å². The van der Waals surface area contributed by atoms with E-state index in [4.69, 9.17) is 9.52 Å². The lowest BCUT2D eigenvalue weighted by molar-refractivity contribution is -0.129. The van der Waals surface area contributed by atoms with Gasteiger partial charge in [0.05, 0.1) is 12.2 Å². The minimum Gasteiger partial charge on any atom is -0.477 e. The molecule has 1 aromatic carbocycles. The van der Waals surface area contributed by atoms with Gasteiger partial charge in [-0.3, -0.25) is 0 Å². The molecule has 0 amide bonds. The summed E-state index contributed by atoms with van der Waals surface area (Å²) >= 11 is 0. The topological polar surface area (TPSA) is 62.8 Å². The molecular weight excluding hydrogens is 218 g/mol. The second kappa shape index (κ2) is 3.59. The Morgan fingerprint density at radius 3 is 2.71 bits per heavy atom. The van der Waals surface area contributed by atoms with Crippen LogP contribution in [-0.4, -0.2) is 16.8 Å². The van der Waals surface area contributed by atoms with E-state index in [0.29, 0.717) is 11.4 Å². The van der Waals surface area contributed by atoms with Crippen LogP contribution in [0.5, 0.6) is 0 Å². The number of carboxylic acid groups (broad SMARTS) is 1. The van der Waals surface area contributed by atoms with Gasteiger partial charge in [-0.25, -0.2) is 9.79 Å². The summed E-state index contributed by atoms with van der Waals surface area (Å²) in [6.07, 6.45) is 1.53. The molecule has 0 bridgehead atoms. The smallest absolute Gasteiger partial charge is 0.351 e. The summed E-state index contributed by atoms with van der Waals surface area (Å²) < 4.78 is 5.35. The monoisotopic (exact) mass is 227 g/mol. The second-order valence-electron chi connectivity index (χ2n) is 3.82. The van der Waals surface area contributed by atoms with Gasteiger partial charge in [-0.2, -0.15) is 0 Å². The zero-order valence-electron chi connectivity index (χ0n) is 8.83. The first-order chi connectivity index (χ1) is 8.27. The molecule has 1 unspecified atom stereocenters. The van der Waals surface area contributed by atoms with Crippen molar-refractivity contribution in [1.82, 2.24) is 0 Å². The number of aliphatic imine (C=N–C) groups is 1. The molecule has 1 aliphatic heterocycles. The van der Waals surface area contributed by atoms with Crippen LogP contribution in [0.15, 0.2) is 52.1 Å². The van der Waals surface area contributed by atoms with Crippen molar-refractivity contribution in [3.8, 4) is 0 Å². The van der Waals surface area contributed by atoms with E-state index in [1.54, 1.807) is 6.07 Å². The van der Waals surface area contributed by atoms with E-state index in [1.807, 2.05) is 30.3 Å². The molecule has 3 rings (SSSR count). The predicted molar refractivity (Wildman–Crippen MR) is 61.7 cm³/mol. The van der Waals surface area contributed by atoms with Crippen LogP contribution in [0.2, 0.25) is 0 Å². The van der Waals surface area contributed by atoms with Gasteiger partial charge in [0.2, 0.25) is 0 Å². The third kappa shape index (κ3) is 1.45. The molecule has 0 fully saturated rings. The van der Waals surface area contributed by atoms with Crippen LogP contribution < -0.4 is 0 Å². The Morgan fingerprint density at radius 2 is 2.00 bits per heavy atom. The van der Waals surface area contributed by atoms with Crippen LogP contribution >= 0.6 is 0 Å². The molecule has 0 saturated carbocycles. The largest absolute Gasteiger partial charge is 0.477 e. The van der Waals surface area contributed by atoms with Crippen LogP contribution in [0.3, 0.4) is 0 Å². The van der Waals surface area contributed by atoms with E-state index < -0.39 is 11.9 Å². The maximum absolute atomic E-state index is 11.2. The quantitative estimate of drug-likeness (QED) is 0.857. The molecule has 2 heterocycles. The van der Waals surface area contributed by atoms with Crippen molar-refractivity contribution in [2.24, 2.45) is 4.99 Å². The lowest BCUT2D eigenvalue weighted by atomic mass is 9.93. The van der Waals surface area contributed by atoms with Gasteiger partial charge in [0.25, 0.3) is 0 Å². The minimum absolute atomic E-state index is 0.116. The van der Waals surface area contributed by atoms with Crippen molar-refractivity contribution >= 4 is 17.4 Å². The fourth-order valence-corrected chi connectivity index (χ4v) is 2.07. The summed E-state index contributed by atoms with van der Waals surface area (Å²) in [5, 5.41) is 9.16. The van der Waals surface area contributed by atoms with Crippen LogP contribution in [0, 0.1) is 0 Å². The zero-order chi connectivity index (χ0) is 11.8. The summed E-state index contributed by atoms with van der Waals surface area (Å²) in [6, 6.07) is 11.1. The van der Waals surface area contributed by atoms with Gasteiger partial charge >= 0.3 is 5.97 Å². The van der Waals surface area contributed by atoms with Crippen molar-refractivity contribution in [3.63, 3.8) is 0 Å². The molecule has 0 spiro atoms. The summed E-state index contributed by atoms with van der Waals surface area (Å²) in [7, 11) is 0. The zero-order valence-corrected chi connectivity index (χ0v) is 8.83. The number of nitrogens with zero attached hydrogens (tertiary/aromatic N) is 1. The average molecular weight is 227 g/mol. The Kier molecular flexibility index (Phi) is 2.08. The molecule has 4 heteroatoms. The number of carbonyl (C=O) groups is 1. The number of aliphatic carboxylic acids is 1. The summed E-state index contributed by atoms with van der Waals surface area (Å²) in [4.78, 5) is 15.3. The lowest BCUT2D eigenvalue weighted by Crippen LogP contribution is -2.19. The van der Waals surface area contributed by atoms with Gasteiger partial charge in [0.15, 0.2) is 0 Å². The highest BCUT2D eigenvalue weighted by Crippen LogP contribution is 2.40. The average Bonchev–Trinajstić information content (AvgIpc) is 2.89. The molecule has 0 aliphatic carbocycles. The van der Waals surface area contributed by atoms with Crippen LogP contribution in [0.4, 0.5) is 5.69 Å². The minimum atomic E-state index is -1.01. The molecule has 2 aromatic rings. The highest BCUT2D eigenvalue weighted by atomic mass is 16.4. The number of hydrogen-bond acceptors (Lipinski definition) is 3. The van der Waals surface area contributed by atoms with Crippen molar-refractivity contribution < 1.29 is 14.3 Å². The van der Waals surface area contributed by atoms with E-state index in [-0.39, 0.29) is 5.71 Å². The number of hydrogen-bond donors (Lipinski definition) is 1. The van der Waals surface area contributed by atoms with Crippen molar-refractivity contribution in [1.29, 1.82) is 0 Å². The Balaban J connectivity index is 2.15. The Bertz CT molecular complexity index is 598. The number of rotatable bonds is 2. The maximum atomic E-state index is 11.2. The maximum Gasteiger partial charge on any atom is 0.351 e. The van der Waals surface area contributed by atoms with Crippen LogP contribution in [0.1, 0.15) is 17.2 Å². The molecule has 0 radical (unpaired) electrons. The van der Waals surface area contributed by atoms with Crippen molar-refractivity contribution in [2.45, 2.75) is 5.92 Å². The molecule has 0 saturated heterocycles. The Hall–Kier alpha value is -2.36. The van der Waals surface area contributed by atoms with E-state index in [9.17, 15) is 4.79 Å². The molecule has 4 nitrogen and oxygen atoms in total. The SMILES string of the molecule is O=C(O)C1=Nc2ccoc2C1c1ccccc1. The molecule has 1 atom stereocenters. The summed E-state index contributed by atoms with van der Waals surface area (Å²) in [5.41, 5.74) is 1.60. The Morgan fingerprint density at radius 1 is 1.24 bits per heavy atom. The molecule has 1 aromatic heterocycles. The molecule has 17 heavy (non-hydrogen) atoms. The van der Waals surface area contributed by atoms with Gasteiger partial charge in [-0.05, 0) is 5.56 Å². The Labute approximate surface area is 97.2 Å². The molecular formula is C13H9NO3. The number of fused-ring (bicyclic) bond motifs is 1.